The van der Waals surface area contributed by atoms with Crippen molar-refractivity contribution >= 4 is 17.5 Å². The average Bonchev–Trinajstić information content (AvgIpc) is 2.78. The number of rotatable bonds is 3. The van der Waals surface area contributed by atoms with E-state index in [1.54, 1.807) is 24.3 Å². The van der Waals surface area contributed by atoms with Crippen LogP contribution >= 0.6 is 0 Å². The lowest BCUT2D eigenvalue weighted by Crippen LogP contribution is -2.35. The molecule has 0 bridgehead atoms. The third-order valence-electron chi connectivity index (χ3n) is 3.36. The average molecular weight is 247 g/mol. The second-order valence-electron chi connectivity index (χ2n) is 4.85. The van der Waals surface area contributed by atoms with E-state index >= 15 is 0 Å². The zero-order chi connectivity index (χ0) is 13.2. The second kappa shape index (κ2) is 4.78. The van der Waals surface area contributed by atoms with Gasteiger partial charge in [-0.15, -0.1) is 0 Å². The summed E-state index contributed by atoms with van der Waals surface area (Å²) < 4.78 is 0. The predicted molar refractivity (Wildman–Crippen MR) is 69.2 cm³/mol. The molecular weight excluding hydrogens is 230 g/mol. The van der Waals surface area contributed by atoms with Crippen LogP contribution in [0.15, 0.2) is 24.3 Å². The standard InChI is InChI=1S/C13H17N3O2/c1-13(6-7-15-8-13)12(18)16-10-5-3-2-4-9(10)11(14)17/h2-5,15H,6-8H2,1H3,(H2,14,17)(H,16,18). The van der Waals surface area contributed by atoms with E-state index in [0.29, 0.717) is 17.8 Å². The van der Waals surface area contributed by atoms with Crippen molar-refractivity contribution < 1.29 is 9.59 Å². The molecule has 2 rings (SSSR count). The quantitative estimate of drug-likeness (QED) is 0.736. The molecule has 1 aliphatic heterocycles. The number of nitrogens with one attached hydrogen (secondary N) is 2. The SMILES string of the molecule is CC1(C(=O)Nc2ccccc2C(N)=O)CCNC1. The third-order valence-corrected chi connectivity index (χ3v) is 3.36. The van der Waals surface area contributed by atoms with Gasteiger partial charge in [0, 0.05) is 6.54 Å². The van der Waals surface area contributed by atoms with Gasteiger partial charge in [0.15, 0.2) is 0 Å². The van der Waals surface area contributed by atoms with E-state index in [-0.39, 0.29) is 5.91 Å². The fourth-order valence-electron chi connectivity index (χ4n) is 2.09. The Morgan fingerprint density at radius 1 is 1.39 bits per heavy atom. The summed E-state index contributed by atoms with van der Waals surface area (Å²) in [7, 11) is 0. The molecule has 0 spiro atoms. The maximum absolute atomic E-state index is 12.2. The Hall–Kier alpha value is -1.88. The first-order chi connectivity index (χ1) is 8.53. The number of benzene rings is 1. The topological polar surface area (TPSA) is 84.2 Å². The fourth-order valence-corrected chi connectivity index (χ4v) is 2.09. The molecule has 1 aromatic rings. The maximum Gasteiger partial charge on any atom is 0.250 e. The van der Waals surface area contributed by atoms with E-state index in [9.17, 15) is 9.59 Å². The number of carbonyl (C=O) groups is 2. The monoisotopic (exact) mass is 247 g/mol. The Bertz CT molecular complexity index is 479. The summed E-state index contributed by atoms with van der Waals surface area (Å²) in [6.07, 6.45) is 0.789. The first kappa shape index (κ1) is 12.6. The minimum absolute atomic E-state index is 0.0822. The molecule has 0 saturated carbocycles. The molecule has 0 radical (unpaired) electrons. The fraction of sp³-hybridized carbons (Fsp3) is 0.385. The van der Waals surface area contributed by atoms with Crippen molar-refractivity contribution in [3.63, 3.8) is 0 Å². The van der Waals surface area contributed by atoms with Crippen LogP contribution in [0.1, 0.15) is 23.7 Å². The van der Waals surface area contributed by atoms with E-state index in [0.717, 1.165) is 13.0 Å². The van der Waals surface area contributed by atoms with Gasteiger partial charge in [-0.25, -0.2) is 0 Å². The van der Waals surface area contributed by atoms with Gasteiger partial charge in [0.1, 0.15) is 0 Å². The smallest absolute Gasteiger partial charge is 0.250 e. The molecule has 5 nitrogen and oxygen atoms in total. The Morgan fingerprint density at radius 3 is 2.72 bits per heavy atom. The van der Waals surface area contributed by atoms with Crippen molar-refractivity contribution in [2.24, 2.45) is 11.1 Å². The van der Waals surface area contributed by atoms with Crippen LogP contribution in [0.2, 0.25) is 0 Å². The zero-order valence-electron chi connectivity index (χ0n) is 10.3. The molecule has 1 fully saturated rings. The molecule has 18 heavy (non-hydrogen) atoms. The van der Waals surface area contributed by atoms with Crippen LogP contribution in [0.5, 0.6) is 0 Å². The molecule has 1 atom stereocenters. The first-order valence-corrected chi connectivity index (χ1v) is 5.94. The zero-order valence-corrected chi connectivity index (χ0v) is 10.3. The Labute approximate surface area is 106 Å². The van der Waals surface area contributed by atoms with Crippen LogP contribution < -0.4 is 16.4 Å². The summed E-state index contributed by atoms with van der Waals surface area (Å²) >= 11 is 0. The number of hydrogen-bond acceptors (Lipinski definition) is 3. The van der Waals surface area contributed by atoms with Gasteiger partial charge in [0.2, 0.25) is 5.91 Å². The maximum atomic E-state index is 12.2. The second-order valence-corrected chi connectivity index (χ2v) is 4.85. The van der Waals surface area contributed by atoms with Crippen LogP contribution in [0.4, 0.5) is 5.69 Å². The van der Waals surface area contributed by atoms with Crippen molar-refractivity contribution in [3.05, 3.63) is 29.8 Å². The molecule has 4 N–H and O–H groups in total. The molecule has 1 aliphatic rings. The molecule has 1 unspecified atom stereocenters. The lowest BCUT2D eigenvalue weighted by molar-refractivity contribution is -0.123. The Balaban J connectivity index is 2.19. The highest BCUT2D eigenvalue weighted by molar-refractivity contribution is 6.04. The molecule has 1 saturated heterocycles. The minimum Gasteiger partial charge on any atom is -0.366 e. The van der Waals surface area contributed by atoms with E-state index in [1.165, 1.54) is 0 Å². The van der Waals surface area contributed by atoms with Gasteiger partial charge in [-0.3, -0.25) is 9.59 Å². The highest BCUT2D eigenvalue weighted by atomic mass is 16.2. The van der Waals surface area contributed by atoms with Gasteiger partial charge in [-0.05, 0) is 32.0 Å². The van der Waals surface area contributed by atoms with E-state index in [2.05, 4.69) is 10.6 Å². The minimum atomic E-state index is -0.541. The molecular formula is C13H17N3O2. The van der Waals surface area contributed by atoms with E-state index in [1.807, 2.05) is 6.92 Å². The van der Waals surface area contributed by atoms with Crippen LogP contribution in [-0.4, -0.2) is 24.9 Å². The third kappa shape index (κ3) is 2.36. The number of amides is 2. The summed E-state index contributed by atoms with van der Waals surface area (Å²) in [5, 5.41) is 5.96. The van der Waals surface area contributed by atoms with Gasteiger partial charge in [0.05, 0.1) is 16.7 Å². The van der Waals surface area contributed by atoms with Crippen molar-refractivity contribution in [3.8, 4) is 0 Å². The lowest BCUT2D eigenvalue weighted by Gasteiger charge is -2.22. The van der Waals surface area contributed by atoms with Gasteiger partial charge < -0.3 is 16.4 Å². The number of para-hydroxylation sites is 1. The van der Waals surface area contributed by atoms with Crippen molar-refractivity contribution in [2.45, 2.75) is 13.3 Å². The molecule has 2 amide bonds. The summed E-state index contributed by atoms with van der Waals surface area (Å²) in [4.78, 5) is 23.5. The summed E-state index contributed by atoms with van der Waals surface area (Å²) in [5.74, 6) is -0.623. The molecule has 96 valence electrons. The van der Waals surface area contributed by atoms with E-state index in [4.69, 9.17) is 5.73 Å². The first-order valence-electron chi connectivity index (χ1n) is 5.94. The molecule has 5 heteroatoms. The van der Waals surface area contributed by atoms with Gasteiger partial charge in [-0.1, -0.05) is 12.1 Å². The number of hydrogen-bond donors (Lipinski definition) is 3. The highest BCUT2D eigenvalue weighted by Crippen LogP contribution is 2.27. The Kier molecular flexibility index (Phi) is 3.34. The Morgan fingerprint density at radius 2 is 2.11 bits per heavy atom. The summed E-state index contributed by atoms with van der Waals surface area (Å²) in [6.45, 7) is 3.40. The van der Waals surface area contributed by atoms with Crippen molar-refractivity contribution in [1.29, 1.82) is 0 Å². The largest absolute Gasteiger partial charge is 0.366 e. The van der Waals surface area contributed by atoms with Crippen molar-refractivity contribution in [1.82, 2.24) is 5.32 Å². The number of anilines is 1. The van der Waals surface area contributed by atoms with Gasteiger partial charge in [0.25, 0.3) is 5.91 Å². The predicted octanol–water partition coefficient (Wildman–Crippen LogP) is 0.724. The lowest BCUT2D eigenvalue weighted by atomic mass is 9.88. The number of primary amides is 1. The molecule has 0 aliphatic carbocycles. The number of nitrogens with two attached hydrogens (primary N) is 1. The van der Waals surface area contributed by atoms with Crippen LogP contribution in [-0.2, 0) is 4.79 Å². The molecule has 0 aromatic heterocycles. The van der Waals surface area contributed by atoms with E-state index < -0.39 is 11.3 Å². The number of carbonyl (C=O) groups excluding carboxylic acids is 2. The van der Waals surface area contributed by atoms with Crippen LogP contribution in [0.25, 0.3) is 0 Å². The molecule has 1 aromatic carbocycles. The van der Waals surface area contributed by atoms with Crippen molar-refractivity contribution in [2.75, 3.05) is 18.4 Å². The van der Waals surface area contributed by atoms with Crippen LogP contribution in [0, 0.1) is 5.41 Å². The highest BCUT2D eigenvalue weighted by Gasteiger charge is 2.36. The summed E-state index contributed by atoms with van der Waals surface area (Å²) in [5.41, 5.74) is 5.66. The van der Waals surface area contributed by atoms with Gasteiger partial charge >= 0.3 is 0 Å². The normalized spacial score (nSPS) is 22.7. The summed E-state index contributed by atoms with van der Waals surface area (Å²) in [6, 6.07) is 6.77. The van der Waals surface area contributed by atoms with Crippen LogP contribution in [0.3, 0.4) is 0 Å². The molecule has 1 heterocycles. The van der Waals surface area contributed by atoms with Gasteiger partial charge in [-0.2, -0.15) is 0 Å².